The molecule has 0 aliphatic rings. The Morgan fingerprint density at radius 3 is 2.67 bits per heavy atom. The Balaban J connectivity index is 1.81. The molecule has 4 rings (SSSR count). The summed E-state index contributed by atoms with van der Waals surface area (Å²) in [6.45, 7) is 2.92. The predicted octanol–water partition coefficient (Wildman–Crippen LogP) is 3.82. The molecule has 1 aromatic carbocycles. The molecule has 0 radical (unpaired) electrons. The molecule has 0 spiro atoms. The second kappa shape index (κ2) is 6.09. The molecule has 0 fully saturated rings. The Bertz CT molecular complexity index is 974. The molecule has 5 nitrogen and oxygen atoms in total. The summed E-state index contributed by atoms with van der Waals surface area (Å²) >= 11 is 6.46. The van der Waals surface area contributed by atoms with Crippen LogP contribution in [-0.4, -0.2) is 24.1 Å². The lowest BCUT2D eigenvalue weighted by Crippen LogP contribution is -2.03. The fourth-order valence-electron chi connectivity index (χ4n) is 2.92. The fraction of sp³-hybridized carbons (Fsp3) is 0.167. The van der Waals surface area contributed by atoms with Crippen LogP contribution in [0.1, 0.15) is 11.3 Å². The molecule has 3 heterocycles. The number of hydrogen-bond acceptors (Lipinski definition) is 3. The minimum Gasteiger partial charge on any atom is -0.337 e. The van der Waals surface area contributed by atoms with E-state index in [1.165, 1.54) is 5.56 Å². The van der Waals surface area contributed by atoms with Crippen molar-refractivity contribution in [1.82, 2.24) is 24.1 Å². The van der Waals surface area contributed by atoms with E-state index in [9.17, 15) is 0 Å². The summed E-state index contributed by atoms with van der Waals surface area (Å²) in [6.07, 6.45) is 11.9. The third-order valence-corrected chi connectivity index (χ3v) is 4.48. The Morgan fingerprint density at radius 1 is 1.08 bits per heavy atom. The summed E-state index contributed by atoms with van der Waals surface area (Å²) in [7, 11) is 0. The number of fused-ring (bicyclic) bond motifs is 1. The Kier molecular flexibility index (Phi) is 3.78. The van der Waals surface area contributed by atoms with E-state index in [1.807, 2.05) is 42.3 Å². The van der Waals surface area contributed by atoms with Crippen LogP contribution in [-0.2, 0) is 13.0 Å². The van der Waals surface area contributed by atoms with Crippen molar-refractivity contribution >= 4 is 22.5 Å². The highest BCUT2D eigenvalue weighted by molar-refractivity contribution is 6.33. The smallest absolute Gasteiger partial charge is 0.0992 e. The average molecular weight is 338 g/mol. The van der Waals surface area contributed by atoms with Gasteiger partial charge in [0.05, 0.1) is 28.9 Å². The number of pyridine rings is 1. The van der Waals surface area contributed by atoms with E-state index in [4.69, 9.17) is 16.6 Å². The molecule has 0 N–H and O–H groups in total. The predicted molar refractivity (Wildman–Crippen MR) is 94.5 cm³/mol. The first kappa shape index (κ1) is 14.9. The summed E-state index contributed by atoms with van der Waals surface area (Å²) in [6, 6.07) is 6.04. The van der Waals surface area contributed by atoms with Gasteiger partial charge >= 0.3 is 0 Å². The highest BCUT2D eigenvalue weighted by Crippen LogP contribution is 2.30. The number of aromatic nitrogens is 5. The largest absolute Gasteiger partial charge is 0.337 e. The first-order valence-corrected chi connectivity index (χ1v) is 8.13. The van der Waals surface area contributed by atoms with Crippen molar-refractivity contribution in [2.75, 3.05) is 0 Å². The summed E-state index contributed by atoms with van der Waals surface area (Å²) < 4.78 is 4.00. The summed E-state index contributed by atoms with van der Waals surface area (Å²) in [5, 5.41) is 1.72. The molecular weight excluding hydrogens is 322 g/mol. The quantitative estimate of drug-likeness (QED) is 0.568. The van der Waals surface area contributed by atoms with Gasteiger partial charge in [-0.15, -0.1) is 0 Å². The number of benzene rings is 1. The van der Waals surface area contributed by atoms with Gasteiger partial charge in [0.2, 0.25) is 0 Å². The molecular formula is C18H16ClN5. The van der Waals surface area contributed by atoms with E-state index < -0.39 is 0 Å². The monoisotopic (exact) mass is 337 g/mol. The number of nitrogens with zero attached hydrogens (tertiary/aromatic N) is 5. The topological polar surface area (TPSA) is 48.5 Å². The maximum absolute atomic E-state index is 6.46. The molecule has 0 saturated heterocycles. The van der Waals surface area contributed by atoms with Crippen LogP contribution in [0.2, 0.25) is 5.02 Å². The Morgan fingerprint density at radius 2 is 1.92 bits per heavy atom. The number of halogens is 1. The zero-order valence-electron chi connectivity index (χ0n) is 13.2. The second-order valence-electron chi connectivity index (χ2n) is 5.72. The number of aryl methyl sites for hydroxylation is 3. The lowest BCUT2D eigenvalue weighted by Gasteiger charge is -2.13. The zero-order valence-corrected chi connectivity index (χ0v) is 14.0. The number of hydrogen-bond donors (Lipinski definition) is 0. The second-order valence-corrected chi connectivity index (χ2v) is 6.12. The van der Waals surface area contributed by atoms with Crippen LogP contribution >= 0.6 is 11.6 Å². The SMILES string of the molecule is Cc1nc2ccc(Cl)c(-n3ccnc3)c2cc1CCn1ccnc1. The maximum atomic E-state index is 6.46. The lowest BCUT2D eigenvalue weighted by molar-refractivity contribution is 0.692. The Hall–Kier alpha value is -2.66. The Labute approximate surface area is 144 Å². The van der Waals surface area contributed by atoms with Crippen molar-refractivity contribution in [2.45, 2.75) is 19.9 Å². The van der Waals surface area contributed by atoms with Gasteiger partial charge in [0, 0.05) is 42.4 Å². The van der Waals surface area contributed by atoms with Crippen LogP contribution in [0.4, 0.5) is 0 Å². The highest BCUT2D eigenvalue weighted by Gasteiger charge is 2.12. The van der Waals surface area contributed by atoms with Crippen LogP contribution in [0.3, 0.4) is 0 Å². The summed E-state index contributed by atoms with van der Waals surface area (Å²) in [5.41, 5.74) is 4.11. The van der Waals surface area contributed by atoms with E-state index in [2.05, 4.69) is 20.6 Å². The zero-order chi connectivity index (χ0) is 16.5. The fourth-order valence-corrected chi connectivity index (χ4v) is 3.18. The first-order chi connectivity index (χ1) is 11.7. The minimum atomic E-state index is 0.687. The third kappa shape index (κ3) is 2.67. The van der Waals surface area contributed by atoms with E-state index in [-0.39, 0.29) is 0 Å². The summed E-state index contributed by atoms with van der Waals surface area (Å²) in [5.74, 6) is 0. The van der Waals surface area contributed by atoms with Gasteiger partial charge in [-0.05, 0) is 37.1 Å². The number of rotatable bonds is 4. The van der Waals surface area contributed by atoms with Crippen LogP contribution in [0.5, 0.6) is 0 Å². The molecule has 6 heteroatoms. The third-order valence-electron chi connectivity index (χ3n) is 4.18. The van der Waals surface area contributed by atoms with Crippen LogP contribution in [0.25, 0.3) is 16.6 Å². The molecule has 0 bridgehead atoms. The van der Waals surface area contributed by atoms with Crippen molar-refractivity contribution in [3.63, 3.8) is 0 Å². The van der Waals surface area contributed by atoms with Gasteiger partial charge in [0.1, 0.15) is 0 Å². The minimum absolute atomic E-state index is 0.687. The molecule has 0 aliphatic carbocycles. The van der Waals surface area contributed by atoms with Crippen LogP contribution in [0, 0.1) is 6.92 Å². The molecule has 0 aliphatic heterocycles. The van der Waals surface area contributed by atoms with Gasteiger partial charge < -0.3 is 9.13 Å². The normalized spacial score (nSPS) is 11.2. The van der Waals surface area contributed by atoms with Gasteiger partial charge in [-0.25, -0.2) is 9.97 Å². The van der Waals surface area contributed by atoms with Crippen LogP contribution < -0.4 is 0 Å². The summed E-state index contributed by atoms with van der Waals surface area (Å²) in [4.78, 5) is 13.0. The van der Waals surface area contributed by atoms with Gasteiger partial charge in [-0.1, -0.05) is 11.6 Å². The van der Waals surface area contributed by atoms with Crippen molar-refractivity contribution in [3.8, 4) is 5.69 Å². The van der Waals surface area contributed by atoms with Gasteiger partial charge in [0.25, 0.3) is 0 Å². The van der Waals surface area contributed by atoms with Crippen molar-refractivity contribution in [3.05, 3.63) is 71.9 Å². The van der Waals surface area contributed by atoms with E-state index in [1.54, 1.807) is 18.7 Å². The molecule has 120 valence electrons. The molecule has 3 aromatic heterocycles. The van der Waals surface area contributed by atoms with Crippen molar-refractivity contribution in [2.24, 2.45) is 0 Å². The van der Waals surface area contributed by atoms with E-state index >= 15 is 0 Å². The van der Waals surface area contributed by atoms with Gasteiger partial charge in [0.15, 0.2) is 0 Å². The molecule has 0 atom stereocenters. The van der Waals surface area contributed by atoms with Crippen molar-refractivity contribution < 1.29 is 0 Å². The molecule has 0 amide bonds. The van der Waals surface area contributed by atoms with Crippen LogP contribution in [0.15, 0.2) is 55.6 Å². The standard InChI is InChI=1S/C18H16ClN5/c1-13-14(4-7-23-8-5-20-11-23)10-15-17(22-13)3-2-16(19)18(15)24-9-6-21-12-24/h2-3,5-6,8-12H,4,7H2,1H3. The van der Waals surface area contributed by atoms with Crippen molar-refractivity contribution in [1.29, 1.82) is 0 Å². The molecule has 24 heavy (non-hydrogen) atoms. The number of imidazole rings is 2. The molecule has 0 unspecified atom stereocenters. The lowest BCUT2D eigenvalue weighted by atomic mass is 10.1. The van der Waals surface area contributed by atoms with E-state index in [0.717, 1.165) is 35.2 Å². The average Bonchev–Trinajstić information content (AvgIpc) is 3.27. The maximum Gasteiger partial charge on any atom is 0.0992 e. The van der Waals surface area contributed by atoms with E-state index in [0.29, 0.717) is 5.02 Å². The van der Waals surface area contributed by atoms with Gasteiger partial charge in [-0.3, -0.25) is 4.98 Å². The molecule has 0 saturated carbocycles. The molecule has 4 aromatic rings. The first-order valence-electron chi connectivity index (χ1n) is 7.75. The highest BCUT2D eigenvalue weighted by atomic mass is 35.5. The van der Waals surface area contributed by atoms with Gasteiger partial charge in [-0.2, -0.15) is 0 Å².